The van der Waals surface area contributed by atoms with E-state index in [-0.39, 0.29) is 11.9 Å². The Balaban J connectivity index is 2.30. The Morgan fingerprint density at radius 3 is 2.86 bits per heavy atom. The number of thiophene rings is 1. The van der Waals surface area contributed by atoms with Gasteiger partial charge in [-0.15, -0.1) is 11.3 Å². The molecule has 0 aromatic carbocycles. The van der Waals surface area contributed by atoms with E-state index in [0.717, 1.165) is 6.54 Å². The molecule has 0 bridgehead atoms. The molecule has 1 aromatic heterocycles. The summed E-state index contributed by atoms with van der Waals surface area (Å²) in [5, 5.41) is 3.25. The maximum Gasteiger partial charge on any atom is 0.218 e. The second kappa shape index (κ2) is 5.12. The Morgan fingerprint density at radius 1 is 1.64 bits per heavy atom. The van der Waals surface area contributed by atoms with E-state index >= 15 is 0 Å². The Labute approximate surface area is 88.3 Å². The number of hydrogen-bond donors (Lipinski definition) is 2. The van der Waals surface area contributed by atoms with Crippen LogP contribution in [-0.2, 0) is 11.3 Å². The Morgan fingerprint density at radius 2 is 2.36 bits per heavy atom. The van der Waals surface area contributed by atoms with E-state index in [0.29, 0.717) is 6.42 Å². The molecule has 1 amide bonds. The maximum absolute atomic E-state index is 10.6. The fraction of sp³-hybridized carbons (Fsp3) is 0.500. The summed E-state index contributed by atoms with van der Waals surface area (Å²) in [7, 11) is 0. The first-order chi connectivity index (χ1) is 6.58. The third kappa shape index (κ3) is 3.89. The van der Waals surface area contributed by atoms with Crippen LogP contribution >= 0.6 is 11.3 Å². The summed E-state index contributed by atoms with van der Waals surface area (Å²) in [6.45, 7) is 4.86. The van der Waals surface area contributed by atoms with Gasteiger partial charge in [-0.1, -0.05) is 0 Å². The lowest BCUT2D eigenvalue weighted by Crippen LogP contribution is -2.30. The molecule has 1 atom stereocenters. The lowest BCUT2D eigenvalue weighted by atomic mass is 10.2. The molecule has 3 nitrogen and oxygen atoms in total. The number of nitrogens with one attached hydrogen (secondary N) is 1. The highest BCUT2D eigenvalue weighted by molar-refractivity contribution is 7.11. The van der Waals surface area contributed by atoms with Gasteiger partial charge in [-0.05, 0) is 26.0 Å². The fourth-order valence-corrected chi connectivity index (χ4v) is 2.07. The lowest BCUT2D eigenvalue weighted by Gasteiger charge is -2.10. The summed E-state index contributed by atoms with van der Waals surface area (Å²) in [6, 6.07) is 4.35. The second-order valence-electron chi connectivity index (χ2n) is 3.46. The van der Waals surface area contributed by atoms with Crippen molar-refractivity contribution in [2.24, 2.45) is 5.73 Å². The Bertz CT molecular complexity index is 309. The Kier molecular flexibility index (Phi) is 4.10. The minimum Gasteiger partial charge on any atom is -0.370 e. The number of carbonyl (C=O) groups is 1. The van der Waals surface area contributed by atoms with Crippen molar-refractivity contribution in [1.29, 1.82) is 0 Å². The van der Waals surface area contributed by atoms with Gasteiger partial charge in [-0.3, -0.25) is 4.79 Å². The number of nitrogens with two attached hydrogens (primary N) is 1. The quantitative estimate of drug-likeness (QED) is 0.775. The minimum absolute atomic E-state index is 0.148. The highest BCUT2D eigenvalue weighted by atomic mass is 32.1. The zero-order valence-electron chi connectivity index (χ0n) is 8.54. The number of primary amides is 1. The van der Waals surface area contributed by atoms with Crippen LogP contribution in [0.4, 0.5) is 0 Å². The predicted molar refractivity (Wildman–Crippen MR) is 59.2 cm³/mol. The zero-order chi connectivity index (χ0) is 10.6. The molecule has 0 spiro atoms. The summed E-state index contributed by atoms with van der Waals surface area (Å²) < 4.78 is 0. The van der Waals surface area contributed by atoms with Crippen LogP contribution in [0, 0.1) is 6.92 Å². The van der Waals surface area contributed by atoms with E-state index in [9.17, 15) is 4.79 Å². The first kappa shape index (κ1) is 11.2. The summed E-state index contributed by atoms with van der Waals surface area (Å²) in [4.78, 5) is 13.2. The van der Waals surface area contributed by atoms with Gasteiger partial charge in [-0.2, -0.15) is 0 Å². The van der Waals surface area contributed by atoms with Gasteiger partial charge in [0.15, 0.2) is 0 Å². The molecule has 0 saturated heterocycles. The molecule has 78 valence electrons. The van der Waals surface area contributed by atoms with Gasteiger partial charge in [0.1, 0.15) is 0 Å². The largest absolute Gasteiger partial charge is 0.370 e. The summed E-state index contributed by atoms with van der Waals surface area (Å²) in [5.41, 5.74) is 5.09. The SMILES string of the molecule is Cc1ccc(CN[C@@H](C)CC(N)=O)s1. The van der Waals surface area contributed by atoms with Gasteiger partial charge in [0.2, 0.25) is 5.91 Å². The van der Waals surface area contributed by atoms with Crippen molar-refractivity contribution in [2.75, 3.05) is 0 Å². The highest BCUT2D eigenvalue weighted by Crippen LogP contribution is 2.14. The smallest absolute Gasteiger partial charge is 0.218 e. The first-order valence-electron chi connectivity index (χ1n) is 4.65. The average molecular weight is 212 g/mol. The van der Waals surface area contributed by atoms with E-state index in [1.54, 1.807) is 11.3 Å². The molecule has 1 rings (SSSR count). The van der Waals surface area contributed by atoms with Crippen molar-refractivity contribution in [3.8, 4) is 0 Å². The second-order valence-corrected chi connectivity index (χ2v) is 4.84. The number of rotatable bonds is 5. The third-order valence-electron chi connectivity index (χ3n) is 1.93. The molecule has 14 heavy (non-hydrogen) atoms. The first-order valence-corrected chi connectivity index (χ1v) is 5.46. The van der Waals surface area contributed by atoms with E-state index in [4.69, 9.17) is 5.73 Å². The molecule has 0 aliphatic carbocycles. The van der Waals surface area contributed by atoms with Crippen LogP contribution in [0.2, 0.25) is 0 Å². The molecule has 0 fully saturated rings. The van der Waals surface area contributed by atoms with E-state index in [2.05, 4.69) is 24.4 Å². The molecule has 0 saturated carbocycles. The standard InChI is InChI=1S/C10H16N2OS/c1-7(5-10(11)13)12-6-9-4-3-8(2)14-9/h3-4,7,12H,5-6H2,1-2H3,(H2,11,13)/t7-/m0/s1. The third-order valence-corrected chi connectivity index (χ3v) is 2.93. The number of aryl methyl sites for hydroxylation is 1. The monoisotopic (exact) mass is 212 g/mol. The molecular formula is C10H16N2OS. The van der Waals surface area contributed by atoms with Gasteiger partial charge in [0.25, 0.3) is 0 Å². The fourth-order valence-electron chi connectivity index (χ4n) is 1.23. The van der Waals surface area contributed by atoms with Crippen molar-refractivity contribution >= 4 is 17.2 Å². The van der Waals surface area contributed by atoms with Crippen LogP contribution in [0.25, 0.3) is 0 Å². The summed E-state index contributed by atoms with van der Waals surface area (Å²) in [5.74, 6) is -0.257. The summed E-state index contributed by atoms with van der Waals surface area (Å²) in [6.07, 6.45) is 0.393. The van der Waals surface area contributed by atoms with E-state index < -0.39 is 0 Å². The number of hydrogen-bond acceptors (Lipinski definition) is 3. The molecular weight excluding hydrogens is 196 g/mol. The van der Waals surface area contributed by atoms with Crippen LogP contribution in [-0.4, -0.2) is 11.9 Å². The van der Waals surface area contributed by atoms with Crippen LogP contribution in [0.15, 0.2) is 12.1 Å². The normalized spacial score (nSPS) is 12.7. The van der Waals surface area contributed by atoms with Crippen molar-refractivity contribution in [3.63, 3.8) is 0 Å². The van der Waals surface area contributed by atoms with Gasteiger partial charge >= 0.3 is 0 Å². The number of carbonyl (C=O) groups excluding carboxylic acids is 1. The van der Waals surface area contributed by atoms with Crippen LogP contribution in [0.1, 0.15) is 23.1 Å². The molecule has 4 heteroatoms. The van der Waals surface area contributed by atoms with Gasteiger partial charge in [-0.25, -0.2) is 0 Å². The van der Waals surface area contributed by atoms with E-state index in [1.165, 1.54) is 9.75 Å². The molecule has 0 aliphatic rings. The topological polar surface area (TPSA) is 55.1 Å². The molecule has 0 radical (unpaired) electrons. The minimum atomic E-state index is -0.257. The number of amides is 1. The average Bonchev–Trinajstić information content (AvgIpc) is 2.47. The van der Waals surface area contributed by atoms with Crippen molar-refractivity contribution in [2.45, 2.75) is 32.9 Å². The van der Waals surface area contributed by atoms with Crippen LogP contribution in [0.3, 0.4) is 0 Å². The van der Waals surface area contributed by atoms with Gasteiger partial charge < -0.3 is 11.1 Å². The molecule has 0 unspecified atom stereocenters. The maximum atomic E-state index is 10.6. The molecule has 1 aromatic rings. The molecule has 3 N–H and O–H groups in total. The zero-order valence-corrected chi connectivity index (χ0v) is 9.36. The van der Waals surface area contributed by atoms with Crippen LogP contribution < -0.4 is 11.1 Å². The Hall–Kier alpha value is -0.870. The van der Waals surface area contributed by atoms with Crippen LogP contribution in [0.5, 0.6) is 0 Å². The lowest BCUT2D eigenvalue weighted by molar-refractivity contribution is -0.118. The van der Waals surface area contributed by atoms with Crippen molar-refractivity contribution < 1.29 is 4.79 Å². The predicted octanol–water partition coefficient (Wildman–Crippen LogP) is 1.41. The molecule has 1 heterocycles. The summed E-state index contributed by atoms with van der Waals surface area (Å²) >= 11 is 1.77. The van der Waals surface area contributed by atoms with Crippen molar-refractivity contribution in [3.05, 3.63) is 21.9 Å². The molecule has 0 aliphatic heterocycles. The van der Waals surface area contributed by atoms with Gasteiger partial charge in [0, 0.05) is 28.8 Å². The highest BCUT2D eigenvalue weighted by Gasteiger charge is 2.05. The van der Waals surface area contributed by atoms with Gasteiger partial charge in [0.05, 0.1) is 0 Å². The van der Waals surface area contributed by atoms with Crippen molar-refractivity contribution in [1.82, 2.24) is 5.32 Å². The van der Waals surface area contributed by atoms with E-state index in [1.807, 2.05) is 6.92 Å².